The lowest BCUT2D eigenvalue weighted by Crippen LogP contribution is -2.44. The molecular weight excluding hydrogens is 559 g/mol. The highest BCUT2D eigenvalue weighted by Crippen LogP contribution is 2.33. The summed E-state index contributed by atoms with van der Waals surface area (Å²) in [7, 11) is 3.32. The number of nitrogens with one attached hydrogen (secondary N) is 2. The summed E-state index contributed by atoms with van der Waals surface area (Å²) in [6.07, 6.45) is -1.38. The molecule has 2 aromatic carbocycles. The molecule has 1 aliphatic heterocycles. The Bertz CT molecular complexity index is 1610. The normalized spacial score (nSPS) is 14.6. The standard InChI is InChI=1S/C32H34F3N5O3/c1-39-10-12-40(13-11-39)20-25-9-8-24(16-27(25)32(33,34)35)30(41)37-19-22-5-3-4-21(14-22)6-7-23-15-26-17-28(31(42)43-2)38-29(26)36-18-23/h3-5,8-9,14-18H,6-7,10-13,19-20H2,1-2H3,(H,36,38)(H,37,41). The number of aromatic nitrogens is 2. The number of rotatable bonds is 9. The van der Waals surface area contributed by atoms with Crippen molar-refractivity contribution in [2.75, 3.05) is 40.3 Å². The molecule has 2 N–H and O–H groups in total. The number of amides is 1. The molecule has 1 amide bonds. The van der Waals surface area contributed by atoms with Crippen LogP contribution >= 0.6 is 0 Å². The second-order valence-electron chi connectivity index (χ2n) is 10.9. The number of piperazine rings is 1. The Labute approximate surface area is 247 Å². The van der Waals surface area contributed by atoms with Gasteiger partial charge in [-0.2, -0.15) is 13.2 Å². The van der Waals surface area contributed by atoms with Crippen LogP contribution in [-0.2, 0) is 36.8 Å². The minimum Gasteiger partial charge on any atom is -0.464 e. The maximum atomic E-state index is 13.9. The number of halogens is 3. The first-order valence-corrected chi connectivity index (χ1v) is 14.1. The third-order valence-corrected chi connectivity index (χ3v) is 7.75. The molecule has 1 fully saturated rings. The van der Waals surface area contributed by atoms with Gasteiger partial charge < -0.3 is 19.9 Å². The van der Waals surface area contributed by atoms with Crippen molar-refractivity contribution in [3.8, 4) is 0 Å². The SMILES string of the molecule is COC(=O)c1cc2cc(CCc3cccc(CNC(=O)c4ccc(CN5CCN(C)CC5)c(C(F)(F)F)c4)c3)cnc2[nH]1. The molecule has 5 rings (SSSR count). The van der Waals surface area contributed by atoms with Crippen LogP contribution < -0.4 is 5.32 Å². The summed E-state index contributed by atoms with van der Waals surface area (Å²) in [6, 6.07) is 15.2. The van der Waals surface area contributed by atoms with Gasteiger partial charge in [0.1, 0.15) is 11.3 Å². The van der Waals surface area contributed by atoms with E-state index in [1.165, 1.54) is 19.2 Å². The summed E-state index contributed by atoms with van der Waals surface area (Å²) in [5.41, 5.74) is 3.22. The van der Waals surface area contributed by atoms with E-state index in [2.05, 4.69) is 20.2 Å². The predicted octanol–water partition coefficient (Wildman–Crippen LogP) is 4.83. The number of benzene rings is 2. The van der Waals surface area contributed by atoms with Gasteiger partial charge in [-0.1, -0.05) is 30.3 Å². The number of pyridine rings is 1. The average molecular weight is 594 g/mol. The van der Waals surface area contributed by atoms with Crippen molar-refractivity contribution >= 4 is 22.9 Å². The largest absolute Gasteiger partial charge is 0.464 e. The number of aromatic amines is 1. The number of methoxy groups -OCH3 is 1. The summed E-state index contributed by atoms with van der Waals surface area (Å²) >= 11 is 0. The summed E-state index contributed by atoms with van der Waals surface area (Å²) < 4.78 is 46.6. The first kappa shape index (κ1) is 30.2. The van der Waals surface area contributed by atoms with E-state index in [-0.39, 0.29) is 24.2 Å². The fraction of sp³-hybridized carbons (Fsp3) is 0.344. The maximum Gasteiger partial charge on any atom is 0.416 e. The van der Waals surface area contributed by atoms with Crippen molar-refractivity contribution in [1.29, 1.82) is 0 Å². The van der Waals surface area contributed by atoms with Crippen molar-refractivity contribution in [3.05, 3.63) is 99.9 Å². The number of fused-ring (bicyclic) bond motifs is 1. The lowest BCUT2D eigenvalue weighted by atomic mass is 10.0. The molecule has 2 aromatic heterocycles. The van der Waals surface area contributed by atoms with Crippen LogP contribution in [0.1, 0.15) is 48.7 Å². The molecule has 1 aliphatic rings. The molecule has 0 saturated carbocycles. The van der Waals surface area contributed by atoms with Gasteiger partial charge in [0.05, 0.1) is 12.7 Å². The molecule has 0 atom stereocenters. The first-order valence-electron chi connectivity index (χ1n) is 14.1. The molecule has 0 aliphatic carbocycles. The zero-order valence-corrected chi connectivity index (χ0v) is 24.1. The molecule has 3 heterocycles. The fourth-order valence-electron chi connectivity index (χ4n) is 5.25. The highest BCUT2D eigenvalue weighted by molar-refractivity contribution is 5.94. The summed E-state index contributed by atoms with van der Waals surface area (Å²) in [4.78, 5) is 36.1. The number of carbonyl (C=O) groups is 2. The molecule has 43 heavy (non-hydrogen) atoms. The van der Waals surface area contributed by atoms with Crippen LogP contribution in [0.5, 0.6) is 0 Å². The second kappa shape index (κ2) is 13.0. The minimum atomic E-state index is -4.56. The number of ether oxygens (including phenoxy) is 1. The zero-order valence-electron chi connectivity index (χ0n) is 24.1. The highest BCUT2D eigenvalue weighted by atomic mass is 19.4. The topological polar surface area (TPSA) is 90.6 Å². The van der Waals surface area contributed by atoms with Gasteiger partial charge in [0.15, 0.2) is 0 Å². The van der Waals surface area contributed by atoms with Crippen LogP contribution in [0.15, 0.2) is 60.8 Å². The van der Waals surface area contributed by atoms with Crippen LogP contribution in [0.4, 0.5) is 13.2 Å². The second-order valence-corrected chi connectivity index (χ2v) is 10.9. The highest BCUT2D eigenvalue weighted by Gasteiger charge is 2.34. The average Bonchev–Trinajstić information content (AvgIpc) is 3.43. The van der Waals surface area contributed by atoms with Gasteiger partial charge in [-0.3, -0.25) is 9.69 Å². The number of esters is 1. The third kappa shape index (κ3) is 7.60. The molecule has 0 spiro atoms. The number of H-pyrrole nitrogens is 1. The van der Waals surface area contributed by atoms with E-state index in [4.69, 9.17) is 4.74 Å². The van der Waals surface area contributed by atoms with E-state index in [0.717, 1.165) is 41.2 Å². The monoisotopic (exact) mass is 593 g/mol. The fourth-order valence-corrected chi connectivity index (χ4v) is 5.25. The predicted molar refractivity (Wildman–Crippen MR) is 157 cm³/mol. The van der Waals surface area contributed by atoms with Crippen LogP contribution in [-0.4, -0.2) is 72.0 Å². The Morgan fingerprint density at radius 1 is 0.977 bits per heavy atom. The van der Waals surface area contributed by atoms with E-state index in [0.29, 0.717) is 37.3 Å². The lowest BCUT2D eigenvalue weighted by Gasteiger charge is -2.33. The summed E-state index contributed by atoms with van der Waals surface area (Å²) in [6.45, 7) is 3.40. The molecule has 1 saturated heterocycles. The van der Waals surface area contributed by atoms with Gasteiger partial charge >= 0.3 is 12.1 Å². The van der Waals surface area contributed by atoms with Crippen molar-refractivity contribution < 1.29 is 27.5 Å². The van der Waals surface area contributed by atoms with E-state index in [9.17, 15) is 22.8 Å². The Balaban J connectivity index is 1.20. The maximum absolute atomic E-state index is 13.9. The molecule has 0 bridgehead atoms. The molecule has 11 heteroatoms. The number of nitrogens with zero attached hydrogens (tertiary/aromatic N) is 3. The van der Waals surface area contributed by atoms with Crippen molar-refractivity contribution in [1.82, 2.24) is 25.1 Å². The van der Waals surface area contributed by atoms with Crippen LogP contribution in [0.25, 0.3) is 11.0 Å². The number of aryl methyl sites for hydroxylation is 2. The van der Waals surface area contributed by atoms with Crippen molar-refractivity contribution in [2.45, 2.75) is 32.1 Å². The van der Waals surface area contributed by atoms with Gasteiger partial charge in [-0.15, -0.1) is 0 Å². The molecular formula is C32H34F3N5O3. The summed E-state index contributed by atoms with van der Waals surface area (Å²) in [5.74, 6) is -1.01. The number of likely N-dealkylation sites (N-methyl/N-ethyl adjacent to an activating group) is 1. The molecule has 8 nitrogen and oxygen atoms in total. The molecule has 0 unspecified atom stereocenters. The zero-order chi connectivity index (χ0) is 30.6. The minimum absolute atomic E-state index is 0.0198. The number of carbonyl (C=O) groups excluding carboxylic acids is 2. The third-order valence-electron chi connectivity index (χ3n) is 7.75. The Morgan fingerprint density at radius 3 is 2.47 bits per heavy atom. The smallest absolute Gasteiger partial charge is 0.416 e. The van der Waals surface area contributed by atoms with Gasteiger partial charge in [-0.05, 0) is 66.4 Å². The van der Waals surface area contributed by atoms with E-state index >= 15 is 0 Å². The number of hydrogen-bond acceptors (Lipinski definition) is 6. The molecule has 0 radical (unpaired) electrons. The van der Waals surface area contributed by atoms with E-state index in [1.807, 2.05) is 42.3 Å². The Hall–Kier alpha value is -4.22. The van der Waals surface area contributed by atoms with E-state index in [1.54, 1.807) is 12.3 Å². The van der Waals surface area contributed by atoms with Gasteiger partial charge in [0.25, 0.3) is 5.91 Å². The summed E-state index contributed by atoms with van der Waals surface area (Å²) in [5, 5.41) is 3.58. The van der Waals surface area contributed by atoms with Gasteiger partial charge in [0, 0.05) is 56.4 Å². The number of alkyl halides is 3. The van der Waals surface area contributed by atoms with E-state index < -0.39 is 23.6 Å². The molecule has 226 valence electrons. The first-order chi connectivity index (χ1) is 20.6. The lowest BCUT2D eigenvalue weighted by molar-refractivity contribution is -0.138. The van der Waals surface area contributed by atoms with Crippen molar-refractivity contribution in [2.24, 2.45) is 0 Å². The molecule has 4 aromatic rings. The Morgan fingerprint density at radius 2 is 1.72 bits per heavy atom. The Kier molecular flexibility index (Phi) is 9.12. The van der Waals surface area contributed by atoms with Gasteiger partial charge in [0.2, 0.25) is 0 Å². The van der Waals surface area contributed by atoms with Gasteiger partial charge in [-0.25, -0.2) is 9.78 Å². The van der Waals surface area contributed by atoms with Crippen LogP contribution in [0.2, 0.25) is 0 Å². The quantitative estimate of drug-likeness (QED) is 0.270. The van der Waals surface area contributed by atoms with Crippen molar-refractivity contribution in [3.63, 3.8) is 0 Å². The van der Waals surface area contributed by atoms with Crippen LogP contribution in [0.3, 0.4) is 0 Å². The van der Waals surface area contributed by atoms with Crippen LogP contribution in [0, 0.1) is 0 Å². The number of hydrogen-bond donors (Lipinski definition) is 2.